The van der Waals surface area contributed by atoms with Crippen LogP contribution in [0.1, 0.15) is 55.7 Å². The minimum Gasteiger partial charge on any atom is -0.419 e. The van der Waals surface area contributed by atoms with Crippen LogP contribution in [0, 0.1) is 19.8 Å². The molecular formula is C20H29N3O2. The molecule has 1 aromatic carbocycles. The van der Waals surface area contributed by atoms with Crippen molar-refractivity contribution in [1.29, 1.82) is 0 Å². The van der Waals surface area contributed by atoms with Crippen molar-refractivity contribution < 1.29 is 9.52 Å². The van der Waals surface area contributed by atoms with Gasteiger partial charge in [-0.2, -0.15) is 0 Å². The number of rotatable bonds is 5. The molecular weight excluding hydrogens is 314 g/mol. The van der Waals surface area contributed by atoms with Crippen molar-refractivity contribution in [2.45, 2.75) is 58.6 Å². The van der Waals surface area contributed by atoms with E-state index in [1.165, 1.54) is 17.5 Å². The van der Waals surface area contributed by atoms with Gasteiger partial charge < -0.3 is 9.52 Å². The smallest absolute Gasteiger partial charge is 0.247 e. The van der Waals surface area contributed by atoms with Gasteiger partial charge in [0.05, 0.1) is 12.1 Å². The highest BCUT2D eigenvalue weighted by Gasteiger charge is 2.27. The zero-order chi connectivity index (χ0) is 18.0. The Morgan fingerprint density at radius 1 is 1.20 bits per heavy atom. The second-order valence-corrected chi connectivity index (χ2v) is 7.47. The molecule has 0 amide bonds. The van der Waals surface area contributed by atoms with Gasteiger partial charge in [0.15, 0.2) is 0 Å². The van der Waals surface area contributed by atoms with E-state index in [2.05, 4.69) is 55.0 Å². The highest BCUT2D eigenvalue weighted by molar-refractivity contribution is 5.55. The van der Waals surface area contributed by atoms with Gasteiger partial charge in [-0.15, -0.1) is 10.2 Å². The molecule has 1 aliphatic carbocycles. The van der Waals surface area contributed by atoms with Gasteiger partial charge in [-0.25, -0.2) is 0 Å². The molecule has 2 aromatic rings. The van der Waals surface area contributed by atoms with E-state index < -0.39 is 0 Å². The van der Waals surface area contributed by atoms with Crippen molar-refractivity contribution in [3.8, 4) is 11.5 Å². The lowest BCUT2D eigenvalue weighted by molar-refractivity contribution is 0.0422. The van der Waals surface area contributed by atoms with Crippen LogP contribution < -0.4 is 0 Å². The zero-order valence-corrected chi connectivity index (χ0v) is 15.7. The number of aryl methyl sites for hydroxylation is 2. The predicted octanol–water partition coefficient (Wildman–Crippen LogP) is 3.90. The van der Waals surface area contributed by atoms with Crippen LogP contribution in [-0.2, 0) is 0 Å². The summed E-state index contributed by atoms with van der Waals surface area (Å²) in [5, 5.41) is 18.7. The van der Waals surface area contributed by atoms with Crippen molar-refractivity contribution >= 4 is 0 Å². The molecule has 1 fully saturated rings. The van der Waals surface area contributed by atoms with E-state index in [4.69, 9.17) is 4.42 Å². The molecule has 0 bridgehead atoms. The van der Waals surface area contributed by atoms with Crippen molar-refractivity contribution in [3.05, 3.63) is 35.2 Å². The fourth-order valence-corrected chi connectivity index (χ4v) is 3.51. The summed E-state index contributed by atoms with van der Waals surface area (Å²) < 4.78 is 5.94. The lowest BCUT2D eigenvalue weighted by Gasteiger charge is -2.32. The average molecular weight is 343 g/mol. The monoisotopic (exact) mass is 343 g/mol. The highest BCUT2D eigenvalue weighted by Crippen LogP contribution is 2.29. The molecule has 1 aliphatic rings. The first-order valence-corrected chi connectivity index (χ1v) is 9.25. The van der Waals surface area contributed by atoms with Gasteiger partial charge in [0.25, 0.3) is 0 Å². The minimum absolute atomic E-state index is 0.0296. The van der Waals surface area contributed by atoms with Crippen molar-refractivity contribution in [3.63, 3.8) is 0 Å². The quantitative estimate of drug-likeness (QED) is 0.892. The third-order valence-electron chi connectivity index (χ3n) is 5.60. The molecule has 1 heterocycles. The summed E-state index contributed by atoms with van der Waals surface area (Å²) in [4.78, 5) is 2.21. The molecule has 0 radical (unpaired) electrons. The van der Waals surface area contributed by atoms with Gasteiger partial charge in [-0.3, -0.25) is 4.90 Å². The predicted molar refractivity (Wildman–Crippen MR) is 98.2 cm³/mol. The molecule has 1 N–H and O–H groups in total. The summed E-state index contributed by atoms with van der Waals surface area (Å²) in [7, 11) is 2.06. The second kappa shape index (κ2) is 7.67. The van der Waals surface area contributed by atoms with Crippen LogP contribution in [0.15, 0.2) is 22.6 Å². The molecule has 1 saturated carbocycles. The fourth-order valence-electron chi connectivity index (χ4n) is 3.51. The molecule has 0 spiro atoms. The first kappa shape index (κ1) is 18.1. The maximum absolute atomic E-state index is 10.2. The summed E-state index contributed by atoms with van der Waals surface area (Å²) in [6.07, 6.45) is 4.18. The number of hydrogen-bond donors (Lipinski definition) is 1. The van der Waals surface area contributed by atoms with Crippen LogP contribution >= 0.6 is 0 Å². The Bertz CT molecular complexity index is 713. The van der Waals surface area contributed by atoms with Crippen LogP contribution in [0.5, 0.6) is 0 Å². The van der Waals surface area contributed by atoms with Gasteiger partial charge in [0, 0.05) is 12.1 Å². The van der Waals surface area contributed by atoms with Gasteiger partial charge >= 0.3 is 0 Å². The SMILES string of the molecule is Cc1ccc(-c2nnc(C(C)N(C)CC3CCCCC3O)o2)cc1C. The van der Waals surface area contributed by atoms with Crippen molar-refractivity contribution in [2.75, 3.05) is 13.6 Å². The van der Waals surface area contributed by atoms with E-state index in [0.717, 1.165) is 31.4 Å². The molecule has 3 unspecified atom stereocenters. The second-order valence-electron chi connectivity index (χ2n) is 7.47. The largest absolute Gasteiger partial charge is 0.419 e. The Hall–Kier alpha value is -1.72. The van der Waals surface area contributed by atoms with Gasteiger partial charge in [0.2, 0.25) is 11.8 Å². The number of nitrogens with zero attached hydrogens (tertiary/aromatic N) is 3. The van der Waals surface area contributed by atoms with E-state index in [0.29, 0.717) is 17.7 Å². The van der Waals surface area contributed by atoms with Crippen LogP contribution in [0.25, 0.3) is 11.5 Å². The summed E-state index contributed by atoms with van der Waals surface area (Å²) in [5.41, 5.74) is 3.43. The Morgan fingerprint density at radius 2 is 1.96 bits per heavy atom. The molecule has 136 valence electrons. The molecule has 0 saturated heterocycles. The van der Waals surface area contributed by atoms with Crippen molar-refractivity contribution in [2.24, 2.45) is 5.92 Å². The minimum atomic E-state index is -0.183. The Balaban J connectivity index is 1.69. The van der Waals surface area contributed by atoms with Crippen LogP contribution in [0.3, 0.4) is 0 Å². The lowest BCUT2D eigenvalue weighted by Crippen LogP contribution is -2.36. The van der Waals surface area contributed by atoms with E-state index in [1.54, 1.807) is 0 Å². The summed E-state index contributed by atoms with van der Waals surface area (Å²) >= 11 is 0. The summed E-state index contributed by atoms with van der Waals surface area (Å²) in [5.74, 6) is 1.53. The number of hydrogen-bond acceptors (Lipinski definition) is 5. The molecule has 1 aromatic heterocycles. The van der Waals surface area contributed by atoms with E-state index in [1.807, 2.05) is 6.07 Å². The van der Waals surface area contributed by atoms with E-state index in [-0.39, 0.29) is 12.1 Å². The number of aromatic nitrogens is 2. The Morgan fingerprint density at radius 3 is 2.68 bits per heavy atom. The van der Waals surface area contributed by atoms with Crippen LogP contribution in [0.4, 0.5) is 0 Å². The third-order valence-corrected chi connectivity index (χ3v) is 5.60. The lowest BCUT2D eigenvalue weighted by atomic mass is 9.86. The Labute approximate surface area is 150 Å². The molecule has 0 aliphatic heterocycles. The molecule has 25 heavy (non-hydrogen) atoms. The number of aliphatic hydroxyl groups excluding tert-OH is 1. The van der Waals surface area contributed by atoms with E-state index in [9.17, 15) is 5.11 Å². The highest BCUT2D eigenvalue weighted by atomic mass is 16.4. The average Bonchev–Trinajstić information content (AvgIpc) is 3.08. The standard InChI is InChI=1S/C20H29N3O2/c1-13-9-10-16(11-14(13)2)20-22-21-19(25-20)15(3)23(4)12-17-7-5-6-8-18(17)24/h9-11,15,17-18,24H,5-8,12H2,1-4H3. The van der Waals surface area contributed by atoms with Gasteiger partial charge in [0.1, 0.15) is 0 Å². The van der Waals surface area contributed by atoms with E-state index >= 15 is 0 Å². The first-order valence-electron chi connectivity index (χ1n) is 9.25. The third kappa shape index (κ3) is 4.10. The Kier molecular flexibility index (Phi) is 5.54. The summed E-state index contributed by atoms with van der Waals surface area (Å²) in [6.45, 7) is 7.10. The number of aliphatic hydroxyl groups is 1. The molecule has 5 nitrogen and oxygen atoms in total. The van der Waals surface area contributed by atoms with Crippen molar-refractivity contribution in [1.82, 2.24) is 15.1 Å². The fraction of sp³-hybridized carbons (Fsp3) is 0.600. The topological polar surface area (TPSA) is 62.4 Å². The normalized spacial score (nSPS) is 22.3. The maximum atomic E-state index is 10.2. The zero-order valence-electron chi connectivity index (χ0n) is 15.7. The summed E-state index contributed by atoms with van der Waals surface area (Å²) in [6, 6.07) is 6.21. The molecule has 3 atom stereocenters. The number of benzene rings is 1. The maximum Gasteiger partial charge on any atom is 0.247 e. The van der Waals surface area contributed by atoms with Crippen LogP contribution in [0.2, 0.25) is 0 Å². The molecule has 3 rings (SSSR count). The molecule has 5 heteroatoms. The first-order chi connectivity index (χ1) is 12.0. The van der Waals surface area contributed by atoms with Gasteiger partial charge in [-0.05, 0) is 69.8 Å². The van der Waals surface area contributed by atoms with Crippen LogP contribution in [-0.4, -0.2) is 39.9 Å². The van der Waals surface area contributed by atoms with Gasteiger partial charge in [-0.1, -0.05) is 18.9 Å².